The second-order valence-electron chi connectivity index (χ2n) is 6.38. The number of benzene rings is 1. The molecule has 0 bridgehead atoms. The Labute approximate surface area is 149 Å². The summed E-state index contributed by atoms with van der Waals surface area (Å²) < 4.78 is 0. The molecule has 0 aliphatic carbocycles. The number of nitrogens with one attached hydrogen (secondary N) is 1. The molecule has 128 valence electrons. The fourth-order valence-electron chi connectivity index (χ4n) is 2.71. The number of likely N-dealkylation sites (tertiary alicyclic amines) is 1. The van der Waals surface area contributed by atoms with Crippen LogP contribution < -0.4 is 5.32 Å². The van der Waals surface area contributed by atoms with Crippen molar-refractivity contribution in [2.45, 2.75) is 43.3 Å². The van der Waals surface area contributed by atoms with E-state index < -0.39 is 0 Å². The first-order valence-electron chi connectivity index (χ1n) is 8.47. The molecule has 1 aliphatic heterocycles. The molecule has 2 rings (SSSR count). The third-order valence-electron chi connectivity index (χ3n) is 4.32. The highest BCUT2D eigenvalue weighted by atomic mass is 35.5. The molecule has 1 aromatic rings. The SMILES string of the molecule is CC1CCN(CCCNC(=O)[C@H](C)Sc2ccc(Cl)cc2)CC1. The number of piperidine rings is 1. The minimum absolute atomic E-state index is 0.0907. The maximum Gasteiger partial charge on any atom is 0.233 e. The average molecular weight is 355 g/mol. The molecular formula is C18H27ClN2OS. The summed E-state index contributed by atoms with van der Waals surface area (Å²) in [6.45, 7) is 8.54. The van der Waals surface area contributed by atoms with Crippen LogP contribution in [0.2, 0.25) is 5.02 Å². The van der Waals surface area contributed by atoms with E-state index in [2.05, 4.69) is 17.1 Å². The predicted molar refractivity (Wildman–Crippen MR) is 99.2 cm³/mol. The molecule has 3 nitrogen and oxygen atoms in total. The Kier molecular flexibility index (Phi) is 7.74. The van der Waals surface area contributed by atoms with Gasteiger partial charge in [0.2, 0.25) is 5.91 Å². The molecule has 0 unspecified atom stereocenters. The molecule has 0 radical (unpaired) electrons. The molecule has 1 N–H and O–H groups in total. The Morgan fingerprint density at radius 2 is 2.00 bits per heavy atom. The van der Waals surface area contributed by atoms with Gasteiger partial charge in [0, 0.05) is 16.5 Å². The van der Waals surface area contributed by atoms with Gasteiger partial charge >= 0.3 is 0 Å². The van der Waals surface area contributed by atoms with Crippen LogP contribution in [0, 0.1) is 5.92 Å². The van der Waals surface area contributed by atoms with Crippen LogP contribution in [-0.2, 0) is 4.79 Å². The molecule has 1 aliphatic rings. The number of carbonyl (C=O) groups is 1. The van der Waals surface area contributed by atoms with Crippen LogP contribution in [0.4, 0.5) is 0 Å². The third kappa shape index (κ3) is 6.74. The average Bonchev–Trinajstić information content (AvgIpc) is 2.55. The molecular weight excluding hydrogens is 328 g/mol. The second kappa shape index (κ2) is 9.55. The fraction of sp³-hybridized carbons (Fsp3) is 0.611. The lowest BCUT2D eigenvalue weighted by Gasteiger charge is -2.30. The van der Waals surface area contributed by atoms with Gasteiger partial charge in [0.05, 0.1) is 5.25 Å². The number of amides is 1. The summed E-state index contributed by atoms with van der Waals surface area (Å²) in [5.74, 6) is 0.980. The first-order valence-corrected chi connectivity index (χ1v) is 9.72. The highest BCUT2D eigenvalue weighted by Crippen LogP contribution is 2.24. The van der Waals surface area contributed by atoms with Gasteiger partial charge in [-0.3, -0.25) is 4.79 Å². The lowest BCUT2D eigenvalue weighted by molar-refractivity contribution is -0.120. The van der Waals surface area contributed by atoms with Gasteiger partial charge in [0.1, 0.15) is 0 Å². The Morgan fingerprint density at radius 3 is 2.65 bits per heavy atom. The quantitative estimate of drug-likeness (QED) is 0.592. The van der Waals surface area contributed by atoms with Gasteiger partial charge in [-0.05, 0) is 76.0 Å². The normalized spacial score (nSPS) is 17.9. The van der Waals surface area contributed by atoms with Crippen molar-refractivity contribution in [2.75, 3.05) is 26.2 Å². The molecule has 1 saturated heterocycles. The van der Waals surface area contributed by atoms with E-state index in [-0.39, 0.29) is 11.2 Å². The van der Waals surface area contributed by atoms with E-state index in [0.717, 1.165) is 35.3 Å². The molecule has 1 aromatic carbocycles. The van der Waals surface area contributed by atoms with E-state index in [9.17, 15) is 4.79 Å². The van der Waals surface area contributed by atoms with Gasteiger partial charge in [-0.2, -0.15) is 0 Å². The van der Waals surface area contributed by atoms with Crippen LogP contribution in [0.1, 0.15) is 33.1 Å². The summed E-state index contributed by atoms with van der Waals surface area (Å²) in [4.78, 5) is 15.7. The van der Waals surface area contributed by atoms with Crippen molar-refractivity contribution in [2.24, 2.45) is 5.92 Å². The number of nitrogens with zero attached hydrogens (tertiary/aromatic N) is 1. The molecule has 0 spiro atoms. The van der Waals surface area contributed by atoms with Crippen molar-refractivity contribution in [1.29, 1.82) is 0 Å². The smallest absolute Gasteiger partial charge is 0.233 e. The third-order valence-corrected chi connectivity index (χ3v) is 5.69. The molecule has 0 aromatic heterocycles. The zero-order valence-electron chi connectivity index (χ0n) is 14.1. The summed E-state index contributed by atoms with van der Waals surface area (Å²) in [6.07, 6.45) is 3.64. The highest BCUT2D eigenvalue weighted by Gasteiger charge is 2.16. The topological polar surface area (TPSA) is 32.3 Å². The van der Waals surface area contributed by atoms with Gasteiger partial charge < -0.3 is 10.2 Å². The molecule has 1 heterocycles. The van der Waals surface area contributed by atoms with Crippen LogP contribution in [0.25, 0.3) is 0 Å². The molecule has 5 heteroatoms. The molecule has 0 saturated carbocycles. The van der Waals surface area contributed by atoms with Gasteiger partial charge in [-0.1, -0.05) is 18.5 Å². The Bertz CT molecular complexity index is 486. The van der Waals surface area contributed by atoms with E-state index in [0.29, 0.717) is 0 Å². The van der Waals surface area contributed by atoms with Crippen LogP contribution in [0.15, 0.2) is 29.2 Å². The predicted octanol–water partition coefficient (Wildman–Crippen LogP) is 4.06. The van der Waals surface area contributed by atoms with Gasteiger partial charge in [0.15, 0.2) is 0 Å². The van der Waals surface area contributed by atoms with E-state index in [1.165, 1.54) is 25.9 Å². The minimum Gasteiger partial charge on any atom is -0.355 e. The van der Waals surface area contributed by atoms with E-state index in [1.807, 2.05) is 31.2 Å². The monoisotopic (exact) mass is 354 g/mol. The van der Waals surface area contributed by atoms with Gasteiger partial charge in [-0.25, -0.2) is 0 Å². The number of carbonyl (C=O) groups excluding carboxylic acids is 1. The summed E-state index contributed by atoms with van der Waals surface area (Å²) in [7, 11) is 0. The summed E-state index contributed by atoms with van der Waals surface area (Å²) in [5.41, 5.74) is 0. The van der Waals surface area contributed by atoms with Crippen molar-refractivity contribution in [3.63, 3.8) is 0 Å². The van der Waals surface area contributed by atoms with Crippen LogP contribution in [0.5, 0.6) is 0 Å². The number of halogens is 1. The molecule has 23 heavy (non-hydrogen) atoms. The number of hydrogen-bond acceptors (Lipinski definition) is 3. The maximum atomic E-state index is 12.1. The summed E-state index contributed by atoms with van der Waals surface area (Å²) in [5, 5.41) is 3.68. The first-order chi connectivity index (χ1) is 11.0. The second-order valence-corrected chi connectivity index (χ2v) is 8.23. The van der Waals surface area contributed by atoms with Gasteiger partial charge in [-0.15, -0.1) is 11.8 Å². The van der Waals surface area contributed by atoms with E-state index >= 15 is 0 Å². The van der Waals surface area contributed by atoms with Crippen molar-refractivity contribution >= 4 is 29.3 Å². The fourth-order valence-corrected chi connectivity index (χ4v) is 3.73. The molecule has 1 fully saturated rings. The number of rotatable bonds is 7. The van der Waals surface area contributed by atoms with Crippen molar-refractivity contribution in [3.05, 3.63) is 29.3 Å². The molecule has 1 amide bonds. The summed E-state index contributed by atoms with van der Waals surface area (Å²) >= 11 is 7.44. The zero-order valence-corrected chi connectivity index (χ0v) is 15.6. The summed E-state index contributed by atoms with van der Waals surface area (Å²) in [6, 6.07) is 7.62. The van der Waals surface area contributed by atoms with Crippen LogP contribution >= 0.6 is 23.4 Å². The number of hydrogen-bond donors (Lipinski definition) is 1. The Morgan fingerprint density at radius 1 is 1.35 bits per heavy atom. The van der Waals surface area contributed by atoms with Crippen molar-refractivity contribution in [1.82, 2.24) is 10.2 Å². The van der Waals surface area contributed by atoms with Gasteiger partial charge in [0.25, 0.3) is 0 Å². The maximum absolute atomic E-state index is 12.1. The standard InChI is InChI=1S/C18H27ClN2OS/c1-14-8-12-21(13-9-14)11-3-10-20-18(22)15(2)23-17-6-4-16(19)5-7-17/h4-7,14-15H,3,8-13H2,1-2H3,(H,20,22)/t15-/m0/s1. The van der Waals surface area contributed by atoms with Crippen molar-refractivity contribution < 1.29 is 4.79 Å². The Balaban J connectivity index is 1.61. The minimum atomic E-state index is -0.0907. The van der Waals surface area contributed by atoms with Crippen molar-refractivity contribution in [3.8, 4) is 0 Å². The zero-order chi connectivity index (χ0) is 16.7. The van der Waals surface area contributed by atoms with E-state index in [1.54, 1.807) is 11.8 Å². The molecule has 1 atom stereocenters. The number of thioether (sulfide) groups is 1. The first kappa shape index (κ1) is 18.6. The highest BCUT2D eigenvalue weighted by molar-refractivity contribution is 8.00. The Hall–Kier alpha value is -0.710. The van der Waals surface area contributed by atoms with E-state index in [4.69, 9.17) is 11.6 Å². The lowest BCUT2D eigenvalue weighted by Crippen LogP contribution is -2.36. The largest absolute Gasteiger partial charge is 0.355 e. The lowest BCUT2D eigenvalue weighted by atomic mass is 9.99. The van der Waals surface area contributed by atoms with Crippen LogP contribution in [-0.4, -0.2) is 42.2 Å². The van der Waals surface area contributed by atoms with Crippen LogP contribution in [0.3, 0.4) is 0 Å².